The predicted molar refractivity (Wildman–Crippen MR) is 82.8 cm³/mol. The van der Waals surface area contributed by atoms with E-state index < -0.39 is 0 Å². The first-order valence-corrected chi connectivity index (χ1v) is 7.57. The Hall–Kier alpha value is -1.62. The zero-order valence-electron chi connectivity index (χ0n) is 13.4. The molecule has 0 bridgehead atoms. The molecular weight excluding hydrogens is 266 g/mol. The molecule has 1 amide bonds. The first kappa shape index (κ1) is 15.8. The van der Waals surface area contributed by atoms with Gasteiger partial charge in [-0.3, -0.25) is 9.59 Å². The average Bonchev–Trinajstić information content (AvgIpc) is 2.73. The number of hydrogen-bond acceptors (Lipinski definition) is 3. The van der Waals surface area contributed by atoms with Crippen molar-refractivity contribution in [1.29, 1.82) is 0 Å². The van der Waals surface area contributed by atoms with E-state index >= 15 is 0 Å². The van der Waals surface area contributed by atoms with Crippen molar-refractivity contribution in [3.05, 3.63) is 22.5 Å². The van der Waals surface area contributed by atoms with Gasteiger partial charge in [0.15, 0.2) is 5.78 Å². The summed E-state index contributed by atoms with van der Waals surface area (Å²) < 4.78 is 0. The number of carbonyl (C=O) groups excluding carboxylic acids is 2. The molecule has 116 valence electrons. The van der Waals surface area contributed by atoms with Crippen molar-refractivity contribution in [2.75, 3.05) is 26.7 Å². The van der Waals surface area contributed by atoms with E-state index in [4.69, 9.17) is 0 Å². The van der Waals surface area contributed by atoms with Crippen LogP contribution in [0.15, 0.2) is 0 Å². The van der Waals surface area contributed by atoms with Gasteiger partial charge in [0.1, 0.15) is 5.69 Å². The minimum atomic E-state index is -0.109. The van der Waals surface area contributed by atoms with E-state index in [-0.39, 0.29) is 11.7 Å². The second-order valence-electron chi connectivity index (χ2n) is 6.14. The van der Waals surface area contributed by atoms with Gasteiger partial charge in [0.25, 0.3) is 5.91 Å². The SMILES string of the molecule is CC(=O)c1c(C)[nH]c(C(=O)NCC2CCN(C)CC2)c1C. The van der Waals surface area contributed by atoms with Gasteiger partial charge in [0.2, 0.25) is 0 Å². The van der Waals surface area contributed by atoms with Crippen LogP contribution >= 0.6 is 0 Å². The van der Waals surface area contributed by atoms with Crippen LogP contribution in [0, 0.1) is 19.8 Å². The number of aromatic amines is 1. The van der Waals surface area contributed by atoms with Gasteiger partial charge in [-0.2, -0.15) is 0 Å². The largest absolute Gasteiger partial charge is 0.354 e. The molecule has 5 heteroatoms. The van der Waals surface area contributed by atoms with E-state index in [1.165, 1.54) is 6.92 Å². The highest BCUT2D eigenvalue weighted by atomic mass is 16.2. The van der Waals surface area contributed by atoms with Crippen LogP contribution in [0.4, 0.5) is 0 Å². The second-order valence-corrected chi connectivity index (χ2v) is 6.14. The number of piperidine rings is 1. The molecule has 2 rings (SSSR count). The molecule has 1 aromatic rings. The number of Topliss-reactive ketones (excluding diaryl/α,β-unsaturated/α-hetero) is 1. The number of hydrogen-bond donors (Lipinski definition) is 2. The van der Waals surface area contributed by atoms with Crippen LogP contribution in [0.25, 0.3) is 0 Å². The highest BCUT2D eigenvalue weighted by Crippen LogP contribution is 2.19. The third kappa shape index (κ3) is 3.53. The van der Waals surface area contributed by atoms with Crippen molar-refractivity contribution in [2.24, 2.45) is 5.92 Å². The van der Waals surface area contributed by atoms with Crippen LogP contribution in [-0.4, -0.2) is 48.3 Å². The summed E-state index contributed by atoms with van der Waals surface area (Å²) in [7, 11) is 2.13. The van der Waals surface area contributed by atoms with Crippen molar-refractivity contribution in [2.45, 2.75) is 33.6 Å². The molecule has 1 aliphatic rings. The normalized spacial score (nSPS) is 17.0. The standard InChI is InChI=1S/C16H25N3O2/c1-10-14(12(3)20)11(2)18-15(10)16(21)17-9-13-5-7-19(4)8-6-13/h13,18H,5-9H2,1-4H3,(H,17,21). The molecule has 1 fully saturated rings. The summed E-state index contributed by atoms with van der Waals surface area (Å²) in [6.45, 7) is 8.08. The minimum absolute atomic E-state index is 0.00406. The number of H-pyrrole nitrogens is 1. The summed E-state index contributed by atoms with van der Waals surface area (Å²) in [6.07, 6.45) is 2.25. The third-order valence-electron chi connectivity index (χ3n) is 4.41. The van der Waals surface area contributed by atoms with Crippen LogP contribution in [0.5, 0.6) is 0 Å². The molecule has 0 saturated carbocycles. The Morgan fingerprint density at radius 3 is 2.43 bits per heavy atom. The summed E-state index contributed by atoms with van der Waals surface area (Å²) in [5.41, 5.74) is 2.68. The molecule has 0 radical (unpaired) electrons. The van der Waals surface area contributed by atoms with Crippen LogP contribution in [-0.2, 0) is 0 Å². The summed E-state index contributed by atoms with van der Waals surface area (Å²) in [5, 5.41) is 3.00. The Morgan fingerprint density at radius 2 is 1.90 bits per heavy atom. The zero-order chi connectivity index (χ0) is 15.6. The van der Waals surface area contributed by atoms with Gasteiger partial charge in [-0.1, -0.05) is 0 Å². The number of ketones is 1. The topological polar surface area (TPSA) is 65.2 Å². The van der Waals surface area contributed by atoms with Gasteiger partial charge in [-0.15, -0.1) is 0 Å². The van der Waals surface area contributed by atoms with Gasteiger partial charge in [-0.05, 0) is 65.2 Å². The van der Waals surface area contributed by atoms with Crippen LogP contribution in [0.3, 0.4) is 0 Å². The van der Waals surface area contributed by atoms with E-state index in [2.05, 4.69) is 22.2 Å². The number of rotatable bonds is 4. The summed E-state index contributed by atoms with van der Waals surface area (Å²) in [6, 6.07) is 0. The first-order chi connectivity index (χ1) is 9.90. The van der Waals surface area contributed by atoms with Crippen molar-refractivity contribution < 1.29 is 9.59 Å². The van der Waals surface area contributed by atoms with Gasteiger partial charge in [0.05, 0.1) is 0 Å². The Balaban J connectivity index is 1.98. The highest BCUT2D eigenvalue weighted by Gasteiger charge is 2.21. The van der Waals surface area contributed by atoms with Crippen molar-refractivity contribution in [1.82, 2.24) is 15.2 Å². The van der Waals surface area contributed by atoms with Gasteiger partial charge in [0, 0.05) is 17.8 Å². The Labute approximate surface area is 126 Å². The van der Waals surface area contributed by atoms with E-state index in [1.807, 2.05) is 13.8 Å². The maximum Gasteiger partial charge on any atom is 0.268 e. The Morgan fingerprint density at radius 1 is 1.29 bits per heavy atom. The summed E-state index contributed by atoms with van der Waals surface area (Å²) in [5.74, 6) is 0.437. The molecule has 1 aliphatic heterocycles. The predicted octanol–water partition coefficient (Wildman–Crippen LogP) is 1.91. The first-order valence-electron chi connectivity index (χ1n) is 7.57. The van der Waals surface area contributed by atoms with Crippen molar-refractivity contribution in [3.8, 4) is 0 Å². The fraction of sp³-hybridized carbons (Fsp3) is 0.625. The molecule has 5 nitrogen and oxygen atoms in total. The molecule has 1 aromatic heterocycles. The van der Waals surface area contributed by atoms with Gasteiger partial charge >= 0.3 is 0 Å². The lowest BCUT2D eigenvalue weighted by atomic mass is 9.97. The van der Waals surface area contributed by atoms with Gasteiger partial charge < -0.3 is 15.2 Å². The molecule has 21 heavy (non-hydrogen) atoms. The number of carbonyl (C=O) groups is 2. The average molecular weight is 291 g/mol. The number of aryl methyl sites for hydroxylation is 1. The number of aromatic nitrogens is 1. The number of nitrogens with one attached hydrogen (secondary N) is 2. The minimum Gasteiger partial charge on any atom is -0.354 e. The molecule has 0 spiro atoms. The van der Waals surface area contributed by atoms with Crippen molar-refractivity contribution >= 4 is 11.7 Å². The molecule has 0 aliphatic carbocycles. The molecule has 0 aromatic carbocycles. The maximum atomic E-state index is 12.3. The molecule has 0 unspecified atom stereocenters. The number of nitrogens with zero attached hydrogens (tertiary/aromatic N) is 1. The lowest BCUT2D eigenvalue weighted by molar-refractivity contribution is 0.0933. The highest BCUT2D eigenvalue weighted by molar-refractivity contribution is 6.02. The second kappa shape index (κ2) is 6.43. The molecule has 0 atom stereocenters. The van der Waals surface area contributed by atoms with Gasteiger partial charge in [-0.25, -0.2) is 0 Å². The Kier molecular flexibility index (Phi) is 4.83. The van der Waals surface area contributed by atoms with Crippen molar-refractivity contribution in [3.63, 3.8) is 0 Å². The smallest absolute Gasteiger partial charge is 0.268 e. The van der Waals surface area contributed by atoms with E-state index in [0.717, 1.165) is 37.2 Å². The lowest BCUT2D eigenvalue weighted by Gasteiger charge is -2.28. The fourth-order valence-electron chi connectivity index (χ4n) is 3.10. The maximum absolute atomic E-state index is 12.3. The van der Waals surface area contributed by atoms with Crippen LogP contribution < -0.4 is 5.32 Å². The summed E-state index contributed by atoms with van der Waals surface area (Å²) >= 11 is 0. The van der Waals surface area contributed by atoms with E-state index in [0.29, 0.717) is 23.7 Å². The number of amides is 1. The summed E-state index contributed by atoms with van der Waals surface area (Å²) in [4.78, 5) is 29.3. The Bertz CT molecular complexity index is 540. The molecular formula is C16H25N3O2. The van der Waals surface area contributed by atoms with Crippen LogP contribution in [0.2, 0.25) is 0 Å². The molecule has 2 N–H and O–H groups in total. The zero-order valence-corrected chi connectivity index (χ0v) is 13.4. The van der Waals surface area contributed by atoms with E-state index in [1.54, 1.807) is 0 Å². The van der Waals surface area contributed by atoms with Crippen LogP contribution in [0.1, 0.15) is 51.9 Å². The fourth-order valence-corrected chi connectivity index (χ4v) is 3.10. The quantitative estimate of drug-likeness (QED) is 0.833. The lowest BCUT2D eigenvalue weighted by Crippen LogP contribution is -2.37. The monoisotopic (exact) mass is 291 g/mol. The number of likely N-dealkylation sites (tertiary alicyclic amines) is 1. The molecule has 1 saturated heterocycles. The molecule has 2 heterocycles. The third-order valence-corrected chi connectivity index (χ3v) is 4.41. The van der Waals surface area contributed by atoms with E-state index in [9.17, 15) is 9.59 Å².